The predicted molar refractivity (Wildman–Crippen MR) is 97.0 cm³/mol. The molecule has 0 aliphatic carbocycles. The molecule has 23 heavy (non-hydrogen) atoms. The van der Waals surface area contributed by atoms with Gasteiger partial charge in [-0.15, -0.1) is 24.0 Å². The molecular formula is C16H23F3IN3. The molecule has 1 heterocycles. The topological polar surface area (TPSA) is 41.6 Å². The first-order valence-corrected chi connectivity index (χ1v) is 7.57. The minimum atomic E-state index is -4.29. The zero-order chi connectivity index (χ0) is 16.2. The van der Waals surface area contributed by atoms with Gasteiger partial charge in [0.15, 0.2) is 5.96 Å². The monoisotopic (exact) mass is 441 g/mol. The molecule has 0 saturated carbocycles. The minimum Gasteiger partial charge on any atom is -0.370 e. The Bertz CT molecular complexity index is 514. The summed E-state index contributed by atoms with van der Waals surface area (Å²) in [5.41, 5.74) is 6.19. The maximum Gasteiger partial charge on any atom is 0.416 e. The van der Waals surface area contributed by atoms with Crippen molar-refractivity contribution in [1.29, 1.82) is 0 Å². The molecule has 1 aromatic rings. The molecule has 0 bridgehead atoms. The van der Waals surface area contributed by atoms with Gasteiger partial charge in [0.2, 0.25) is 0 Å². The average Bonchev–Trinajstić information content (AvgIpc) is 2.47. The lowest BCUT2D eigenvalue weighted by Crippen LogP contribution is -2.43. The second-order valence-electron chi connectivity index (χ2n) is 5.88. The van der Waals surface area contributed by atoms with Gasteiger partial charge in [-0.2, -0.15) is 13.2 Å². The van der Waals surface area contributed by atoms with Crippen LogP contribution in [0.1, 0.15) is 30.9 Å². The molecule has 1 fully saturated rings. The third-order valence-corrected chi connectivity index (χ3v) is 3.94. The van der Waals surface area contributed by atoms with Crippen molar-refractivity contribution in [2.45, 2.75) is 32.4 Å². The molecule has 3 nitrogen and oxygen atoms in total. The van der Waals surface area contributed by atoms with E-state index in [0.29, 0.717) is 24.8 Å². The third-order valence-electron chi connectivity index (χ3n) is 3.94. The van der Waals surface area contributed by atoms with E-state index in [0.717, 1.165) is 37.2 Å². The Balaban J connectivity index is 0.00000264. The summed E-state index contributed by atoms with van der Waals surface area (Å²) >= 11 is 0. The number of likely N-dealkylation sites (tertiary alicyclic amines) is 1. The van der Waals surface area contributed by atoms with E-state index in [1.54, 1.807) is 0 Å². The molecule has 0 aromatic heterocycles. The molecule has 1 aliphatic rings. The molecular weight excluding hydrogens is 418 g/mol. The summed E-state index contributed by atoms with van der Waals surface area (Å²) in [6.07, 6.45) is -1.36. The molecule has 1 aliphatic heterocycles. The van der Waals surface area contributed by atoms with E-state index < -0.39 is 11.7 Å². The lowest BCUT2D eigenvalue weighted by Gasteiger charge is -2.31. The number of nitrogens with zero attached hydrogens (tertiary/aromatic N) is 2. The highest BCUT2D eigenvalue weighted by molar-refractivity contribution is 14.0. The van der Waals surface area contributed by atoms with Gasteiger partial charge < -0.3 is 10.6 Å². The van der Waals surface area contributed by atoms with Crippen molar-refractivity contribution < 1.29 is 13.2 Å². The van der Waals surface area contributed by atoms with E-state index in [1.807, 2.05) is 0 Å². The molecule has 7 heteroatoms. The van der Waals surface area contributed by atoms with Gasteiger partial charge in [-0.1, -0.05) is 19.1 Å². The highest BCUT2D eigenvalue weighted by Crippen LogP contribution is 2.29. The Labute approximate surface area is 152 Å². The number of aliphatic imine (C=N–C) groups is 1. The molecule has 0 amide bonds. The highest BCUT2D eigenvalue weighted by atomic mass is 127. The van der Waals surface area contributed by atoms with E-state index in [4.69, 9.17) is 5.73 Å². The van der Waals surface area contributed by atoms with Crippen LogP contribution in [0.5, 0.6) is 0 Å². The highest BCUT2D eigenvalue weighted by Gasteiger charge is 2.29. The van der Waals surface area contributed by atoms with Gasteiger partial charge in [0.25, 0.3) is 0 Å². The first-order valence-electron chi connectivity index (χ1n) is 7.57. The second-order valence-corrected chi connectivity index (χ2v) is 5.88. The van der Waals surface area contributed by atoms with Gasteiger partial charge in [-0.25, -0.2) is 0 Å². The number of hydrogen-bond donors (Lipinski definition) is 1. The first-order chi connectivity index (χ1) is 10.4. The maximum atomic E-state index is 12.5. The van der Waals surface area contributed by atoms with Crippen LogP contribution in [-0.2, 0) is 12.6 Å². The lowest BCUT2D eigenvalue weighted by molar-refractivity contribution is -0.137. The molecule has 1 unspecified atom stereocenters. The summed E-state index contributed by atoms with van der Waals surface area (Å²) in [5, 5.41) is 0. The first kappa shape index (κ1) is 20.1. The molecule has 0 radical (unpaired) electrons. The molecule has 2 rings (SSSR count). The number of halogens is 4. The quantitative estimate of drug-likeness (QED) is 0.439. The number of hydrogen-bond acceptors (Lipinski definition) is 1. The van der Waals surface area contributed by atoms with Gasteiger partial charge >= 0.3 is 6.18 Å². The summed E-state index contributed by atoms with van der Waals surface area (Å²) in [6.45, 7) is 4.54. The van der Waals surface area contributed by atoms with Crippen LogP contribution < -0.4 is 5.73 Å². The Kier molecular flexibility index (Phi) is 7.63. The fourth-order valence-electron chi connectivity index (χ4n) is 2.66. The number of benzene rings is 1. The summed E-state index contributed by atoms with van der Waals surface area (Å²) < 4.78 is 37.4. The van der Waals surface area contributed by atoms with E-state index in [9.17, 15) is 13.2 Å². The van der Waals surface area contributed by atoms with Crippen LogP contribution in [0, 0.1) is 5.92 Å². The lowest BCUT2D eigenvalue weighted by atomic mass is 10.0. The Morgan fingerprint density at radius 1 is 1.30 bits per heavy atom. The number of alkyl halides is 3. The Hall–Kier alpha value is -0.990. The van der Waals surface area contributed by atoms with Crippen molar-refractivity contribution in [2.24, 2.45) is 16.6 Å². The summed E-state index contributed by atoms with van der Waals surface area (Å²) in [4.78, 5) is 6.43. The molecule has 1 saturated heterocycles. The Morgan fingerprint density at radius 3 is 2.52 bits per heavy atom. The number of piperidine rings is 1. The number of nitrogens with two attached hydrogens (primary N) is 1. The van der Waals surface area contributed by atoms with Gasteiger partial charge in [0.1, 0.15) is 0 Å². The van der Waals surface area contributed by atoms with Crippen molar-refractivity contribution in [2.75, 3.05) is 19.6 Å². The molecule has 0 spiro atoms. The van der Waals surface area contributed by atoms with Crippen LogP contribution in [0.4, 0.5) is 13.2 Å². The fourth-order valence-corrected chi connectivity index (χ4v) is 2.66. The number of guanidine groups is 1. The van der Waals surface area contributed by atoms with E-state index in [-0.39, 0.29) is 24.0 Å². The van der Waals surface area contributed by atoms with Crippen molar-refractivity contribution >= 4 is 29.9 Å². The third kappa shape index (κ3) is 6.19. The summed E-state index contributed by atoms with van der Waals surface area (Å²) in [7, 11) is 0. The number of rotatable bonds is 3. The van der Waals surface area contributed by atoms with Crippen molar-refractivity contribution in [3.8, 4) is 0 Å². The van der Waals surface area contributed by atoms with E-state index >= 15 is 0 Å². The van der Waals surface area contributed by atoms with Crippen molar-refractivity contribution in [1.82, 2.24) is 4.90 Å². The van der Waals surface area contributed by atoms with Crippen LogP contribution in [0.3, 0.4) is 0 Å². The zero-order valence-electron chi connectivity index (χ0n) is 13.1. The predicted octanol–water partition coefficient (Wildman–Crippen LogP) is 3.91. The standard InChI is InChI=1S/C16H22F3N3.HI/c1-12-3-2-10-22(11-12)15(20)21-9-8-13-4-6-14(7-5-13)16(17,18)19;/h4-7,12H,2-3,8-11H2,1H3,(H2,20,21);1H. The molecule has 130 valence electrons. The Morgan fingerprint density at radius 2 is 1.96 bits per heavy atom. The van der Waals surface area contributed by atoms with Gasteiger partial charge in [0.05, 0.1) is 5.56 Å². The average molecular weight is 441 g/mol. The van der Waals surface area contributed by atoms with Crippen LogP contribution in [0.15, 0.2) is 29.3 Å². The minimum absolute atomic E-state index is 0. The largest absolute Gasteiger partial charge is 0.416 e. The molecule has 1 aromatic carbocycles. The van der Waals surface area contributed by atoms with Gasteiger partial charge in [0, 0.05) is 19.6 Å². The van der Waals surface area contributed by atoms with Gasteiger partial charge in [-0.3, -0.25) is 4.99 Å². The summed E-state index contributed by atoms with van der Waals surface area (Å²) in [5.74, 6) is 1.16. The van der Waals surface area contributed by atoms with E-state index in [1.165, 1.54) is 18.6 Å². The van der Waals surface area contributed by atoms with Gasteiger partial charge in [-0.05, 0) is 42.9 Å². The van der Waals surface area contributed by atoms with Crippen LogP contribution in [0.2, 0.25) is 0 Å². The van der Waals surface area contributed by atoms with Crippen LogP contribution in [-0.4, -0.2) is 30.5 Å². The normalized spacial score (nSPS) is 19.4. The van der Waals surface area contributed by atoms with Crippen LogP contribution >= 0.6 is 24.0 Å². The van der Waals surface area contributed by atoms with Crippen LogP contribution in [0.25, 0.3) is 0 Å². The molecule has 2 N–H and O–H groups in total. The van der Waals surface area contributed by atoms with Crippen molar-refractivity contribution in [3.63, 3.8) is 0 Å². The fraction of sp³-hybridized carbons (Fsp3) is 0.562. The SMILES string of the molecule is CC1CCCN(C(N)=NCCc2ccc(C(F)(F)F)cc2)C1.I. The second kappa shape index (κ2) is 8.75. The molecule has 1 atom stereocenters. The summed E-state index contributed by atoms with van der Waals surface area (Å²) in [6, 6.07) is 5.21. The maximum absolute atomic E-state index is 12.5. The smallest absolute Gasteiger partial charge is 0.370 e. The zero-order valence-corrected chi connectivity index (χ0v) is 15.5. The van der Waals surface area contributed by atoms with E-state index in [2.05, 4.69) is 16.8 Å². The van der Waals surface area contributed by atoms with Crippen molar-refractivity contribution in [3.05, 3.63) is 35.4 Å².